The number of pyridine rings is 1. The predicted octanol–water partition coefficient (Wildman–Crippen LogP) is 1.02. The number of carbonyl (C=O) groups is 1. The van der Waals surface area contributed by atoms with Crippen LogP contribution >= 0.6 is 11.6 Å². The molecule has 0 saturated carbocycles. The first-order valence-electron chi connectivity index (χ1n) is 5.53. The maximum Gasteiger partial charge on any atom is 0.222 e. The molecular formula is C11H15ClN4O. The van der Waals surface area contributed by atoms with E-state index >= 15 is 0 Å². The minimum atomic E-state index is -0.262. The summed E-state index contributed by atoms with van der Waals surface area (Å²) < 4.78 is 0. The molecule has 5 nitrogen and oxygen atoms in total. The van der Waals surface area contributed by atoms with Gasteiger partial charge in [0.1, 0.15) is 0 Å². The number of piperidine rings is 1. The Morgan fingerprint density at radius 3 is 3.00 bits per heavy atom. The Labute approximate surface area is 105 Å². The monoisotopic (exact) mass is 254 g/mol. The number of nitrogens with zero attached hydrogens (tertiary/aromatic N) is 2. The van der Waals surface area contributed by atoms with Crippen molar-refractivity contribution in [2.75, 3.05) is 23.7 Å². The lowest BCUT2D eigenvalue weighted by Gasteiger charge is -2.32. The molecule has 4 N–H and O–H groups in total. The highest BCUT2D eigenvalue weighted by molar-refractivity contribution is 6.30. The Kier molecular flexibility index (Phi) is 3.38. The Morgan fingerprint density at radius 1 is 1.59 bits per heavy atom. The van der Waals surface area contributed by atoms with E-state index in [2.05, 4.69) is 4.98 Å². The van der Waals surface area contributed by atoms with Crippen molar-refractivity contribution >= 4 is 29.0 Å². The third-order valence-electron chi connectivity index (χ3n) is 2.99. The highest BCUT2D eigenvalue weighted by Gasteiger charge is 2.25. The first-order valence-corrected chi connectivity index (χ1v) is 5.91. The molecule has 0 radical (unpaired) electrons. The normalized spacial score (nSPS) is 20.3. The van der Waals surface area contributed by atoms with Gasteiger partial charge in [-0.1, -0.05) is 11.6 Å². The van der Waals surface area contributed by atoms with Crippen molar-refractivity contribution in [3.63, 3.8) is 0 Å². The van der Waals surface area contributed by atoms with E-state index in [4.69, 9.17) is 23.1 Å². The Morgan fingerprint density at radius 2 is 2.35 bits per heavy atom. The van der Waals surface area contributed by atoms with Crippen molar-refractivity contribution in [1.82, 2.24) is 4.98 Å². The number of carbonyl (C=O) groups excluding carboxylic acids is 1. The molecule has 1 unspecified atom stereocenters. The molecule has 1 aromatic rings. The Bertz CT molecular complexity index is 437. The van der Waals surface area contributed by atoms with Crippen molar-refractivity contribution in [3.05, 3.63) is 17.3 Å². The van der Waals surface area contributed by atoms with Crippen molar-refractivity contribution in [1.29, 1.82) is 0 Å². The highest BCUT2D eigenvalue weighted by atomic mass is 35.5. The van der Waals surface area contributed by atoms with Crippen molar-refractivity contribution in [3.8, 4) is 0 Å². The SMILES string of the molecule is NC(=O)C1CCCN(c2ncc(Cl)cc2N)C1. The highest BCUT2D eigenvalue weighted by Crippen LogP contribution is 2.27. The zero-order valence-corrected chi connectivity index (χ0v) is 10.2. The van der Waals surface area contributed by atoms with E-state index in [0.29, 0.717) is 23.1 Å². The second kappa shape index (κ2) is 4.79. The third kappa shape index (κ3) is 2.61. The number of hydrogen-bond donors (Lipinski definition) is 2. The van der Waals surface area contributed by atoms with Crippen molar-refractivity contribution in [2.24, 2.45) is 11.7 Å². The van der Waals surface area contributed by atoms with Crippen LogP contribution in [0.4, 0.5) is 11.5 Å². The number of nitrogens with two attached hydrogens (primary N) is 2. The summed E-state index contributed by atoms with van der Waals surface area (Å²) in [5.74, 6) is 0.295. The molecule has 1 fully saturated rings. The smallest absolute Gasteiger partial charge is 0.222 e. The second-order valence-corrected chi connectivity index (χ2v) is 4.69. The molecule has 17 heavy (non-hydrogen) atoms. The van der Waals surface area contributed by atoms with Gasteiger partial charge in [0, 0.05) is 19.3 Å². The summed E-state index contributed by atoms with van der Waals surface area (Å²) in [6.07, 6.45) is 3.30. The zero-order valence-electron chi connectivity index (χ0n) is 9.40. The summed E-state index contributed by atoms with van der Waals surface area (Å²) >= 11 is 5.80. The second-order valence-electron chi connectivity index (χ2n) is 4.25. The van der Waals surface area contributed by atoms with Crippen LogP contribution in [-0.2, 0) is 4.79 Å². The summed E-state index contributed by atoms with van der Waals surface area (Å²) in [6, 6.07) is 1.66. The van der Waals surface area contributed by atoms with Gasteiger partial charge in [-0.25, -0.2) is 4.98 Å². The fourth-order valence-electron chi connectivity index (χ4n) is 2.11. The van der Waals surface area contributed by atoms with Crippen LogP contribution in [0.1, 0.15) is 12.8 Å². The number of hydrogen-bond acceptors (Lipinski definition) is 4. The van der Waals surface area contributed by atoms with E-state index in [-0.39, 0.29) is 11.8 Å². The van der Waals surface area contributed by atoms with E-state index in [9.17, 15) is 4.79 Å². The molecular weight excluding hydrogens is 240 g/mol. The maximum atomic E-state index is 11.2. The topological polar surface area (TPSA) is 85.2 Å². The van der Waals surface area contributed by atoms with Gasteiger partial charge in [0.2, 0.25) is 5.91 Å². The molecule has 0 spiro atoms. The minimum Gasteiger partial charge on any atom is -0.396 e. The molecule has 2 heterocycles. The van der Waals surface area contributed by atoms with Crippen molar-refractivity contribution < 1.29 is 4.79 Å². The van der Waals surface area contributed by atoms with Crippen LogP contribution < -0.4 is 16.4 Å². The fourth-order valence-corrected chi connectivity index (χ4v) is 2.28. The fraction of sp³-hybridized carbons (Fsp3) is 0.455. The van der Waals surface area contributed by atoms with Crippen molar-refractivity contribution in [2.45, 2.75) is 12.8 Å². The average molecular weight is 255 g/mol. The summed E-state index contributed by atoms with van der Waals surface area (Å²) in [7, 11) is 0. The number of amides is 1. The number of anilines is 2. The van der Waals surface area contributed by atoms with Gasteiger partial charge in [0.25, 0.3) is 0 Å². The zero-order chi connectivity index (χ0) is 12.4. The molecule has 1 aliphatic heterocycles. The summed E-state index contributed by atoms with van der Waals surface area (Å²) in [5.41, 5.74) is 11.7. The summed E-state index contributed by atoms with van der Waals surface area (Å²) in [5, 5.41) is 0.509. The van der Waals surface area contributed by atoms with E-state index in [1.807, 2.05) is 4.90 Å². The number of nitrogen functional groups attached to an aromatic ring is 1. The van der Waals surface area contributed by atoms with Gasteiger partial charge >= 0.3 is 0 Å². The first-order chi connectivity index (χ1) is 8.08. The van der Waals surface area contributed by atoms with Gasteiger partial charge in [-0.15, -0.1) is 0 Å². The molecule has 0 bridgehead atoms. The third-order valence-corrected chi connectivity index (χ3v) is 3.19. The van der Waals surface area contributed by atoms with Crippen LogP contribution in [0, 0.1) is 5.92 Å². The largest absolute Gasteiger partial charge is 0.396 e. The van der Waals surface area contributed by atoms with E-state index in [1.165, 1.54) is 0 Å². The van der Waals surface area contributed by atoms with Gasteiger partial charge in [0.15, 0.2) is 5.82 Å². The Balaban J connectivity index is 2.19. The molecule has 0 aromatic carbocycles. The summed E-state index contributed by atoms with van der Waals surface area (Å²) in [4.78, 5) is 17.4. The molecule has 1 atom stereocenters. The van der Waals surface area contributed by atoms with Crippen LogP contribution in [0.3, 0.4) is 0 Å². The molecule has 92 valence electrons. The first kappa shape index (κ1) is 12.0. The van der Waals surface area contributed by atoms with Gasteiger partial charge < -0.3 is 16.4 Å². The maximum absolute atomic E-state index is 11.2. The molecule has 1 aliphatic rings. The Hall–Kier alpha value is -1.49. The lowest BCUT2D eigenvalue weighted by atomic mass is 9.97. The quantitative estimate of drug-likeness (QED) is 0.825. The summed E-state index contributed by atoms with van der Waals surface area (Å²) in [6.45, 7) is 1.41. The number of halogens is 1. The predicted molar refractivity (Wildman–Crippen MR) is 67.8 cm³/mol. The molecule has 2 rings (SSSR count). The van der Waals surface area contributed by atoms with Crippen LogP contribution in [0.2, 0.25) is 5.02 Å². The average Bonchev–Trinajstić information content (AvgIpc) is 2.29. The van der Waals surface area contributed by atoms with Crippen LogP contribution in [0.5, 0.6) is 0 Å². The molecule has 0 aliphatic carbocycles. The number of primary amides is 1. The van der Waals surface area contributed by atoms with Gasteiger partial charge in [0.05, 0.1) is 16.6 Å². The van der Waals surface area contributed by atoms with E-state index in [1.54, 1.807) is 12.3 Å². The van der Waals surface area contributed by atoms with E-state index in [0.717, 1.165) is 19.4 Å². The number of aromatic nitrogens is 1. The molecule has 1 aromatic heterocycles. The molecule has 1 saturated heterocycles. The van der Waals surface area contributed by atoms with Crippen LogP contribution in [0.25, 0.3) is 0 Å². The lowest BCUT2D eigenvalue weighted by molar-refractivity contribution is -0.122. The van der Waals surface area contributed by atoms with Crippen LogP contribution in [-0.4, -0.2) is 24.0 Å². The lowest BCUT2D eigenvalue weighted by Crippen LogP contribution is -2.41. The van der Waals surface area contributed by atoms with Gasteiger partial charge in [-0.05, 0) is 18.9 Å². The molecule has 6 heteroatoms. The van der Waals surface area contributed by atoms with Gasteiger partial charge in [-0.2, -0.15) is 0 Å². The van der Waals surface area contributed by atoms with Crippen LogP contribution in [0.15, 0.2) is 12.3 Å². The minimum absolute atomic E-state index is 0.124. The van der Waals surface area contributed by atoms with E-state index < -0.39 is 0 Å². The number of rotatable bonds is 2. The standard InChI is InChI=1S/C11H15ClN4O/c12-8-4-9(13)11(15-5-8)16-3-1-2-7(6-16)10(14)17/h4-5,7H,1-3,6,13H2,(H2,14,17). The molecule has 1 amide bonds. The van der Waals surface area contributed by atoms with Gasteiger partial charge in [-0.3, -0.25) is 4.79 Å².